The first kappa shape index (κ1) is 14.8. The van der Waals surface area contributed by atoms with Crippen LogP contribution in [0.1, 0.15) is 33.6 Å². The van der Waals surface area contributed by atoms with Crippen molar-refractivity contribution in [3.8, 4) is 0 Å². The molecule has 1 atom stereocenters. The molecule has 4 heteroatoms. The van der Waals surface area contributed by atoms with Crippen molar-refractivity contribution < 1.29 is 9.18 Å². The van der Waals surface area contributed by atoms with E-state index in [1.807, 2.05) is 20.8 Å². The molecule has 1 unspecified atom stereocenters. The molecule has 0 saturated carbocycles. The van der Waals surface area contributed by atoms with E-state index < -0.39 is 0 Å². The van der Waals surface area contributed by atoms with Crippen molar-refractivity contribution >= 4 is 11.6 Å². The van der Waals surface area contributed by atoms with Crippen molar-refractivity contribution in [1.29, 1.82) is 0 Å². The Kier molecular flexibility index (Phi) is 4.31. The topological polar surface area (TPSA) is 32.3 Å². The molecule has 1 aromatic rings. The molecule has 1 N–H and O–H groups in total. The lowest BCUT2D eigenvalue weighted by atomic mass is 9.94. The molecule has 0 bridgehead atoms. The minimum absolute atomic E-state index is 0.0865. The quantitative estimate of drug-likeness (QED) is 0.902. The number of nitrogens with zero attached hydrogens (tertiary/aromatic N) is 1. The Morgan fingerprint density at radius 1 is 1.30 bits per heavy atom. The van der Waals surface area contributed by atoms with Crippen LogP contribution in [0.15, 0.2) is 24.3 Å². The van der Waals surface area contributed by atoms with Gasteiger partial charge in [-0.2, -0.15) is 0 Å². The van der Waals surface area contributed by atoms with E-state index in [0.29, 0.717) is 0 Å². The SMILES string of the molecule is CC(C)(C)C(=O)NC1CCCN(c2ccc(F)cc2)C1. The largest absolute Gasteiger partial charge is 0.369 e. The van der Waals surface area contributed by atoms with Crippen molar-refractivity contribution in [1.82, 2.24) is 5.32 Å². The normalized spacial score (nSPS) is 19.8. The number of rotatable bonds is 2. The molecule has 3 nitrogen and oxygen atoms in total. The molecule has 1 amide bonds. The Balaban J connectivity index is 1.98. The fraction of sp³-hybridized carbons (Fsp3) is 0.562. The fourth-order valence-corrected chi connectivity index (χ4v) is 2.38. The number of piperidine rings is 1. The van der Waals surface area contributed by atoms with Crippen LogP contribution in [0.2, 0.25) is 0 Å². The lowest BCUT2D eigenvalue weighted by Gasteiger charge is -2.36. The maximum absolute atomic E-state index is 13.0. The van der Waals surface area contributed by atoms with Crippen molar-refractivity contribution in [3.63, 3.8) is 0 Å². The van der Waals surface area contributed by atoms with E-state index in [0.717, 1.165) is 31.6 Å². The first-order valence-corrected chi connectivity index (χ1v) is 7.18. The Hall–Kier alpha value is -1.58. The second-order valence-corrected chi connectivity index (χ2v) is 6.49. The number of nitrogens with one attached hydrogen (secondary N) is 1. The number of amides is 1. The zero-order valence-corrected chi connectivity index (χ0v) is 12.4. The summed E-state index contributed by atoms with van der Waals surface area (Å²) in [5.41, 5.74) is 0.652. The van der Waals surface area contributed by atoms with Crippen molar-refractivity contribution in [2.45, 2.75) is 39.7 Å². The molecule has 0 aromatic heterocycles. The molecule has 1 aliphatic rings. The molecule has 20 heavy (non-hydrogen) atoms. The average molecular weight is 278 g/mol. The third-order valence-electron chi connectivity index (χ3n) is 3.63. The standard InChI is InChI=1S/C16H23FN2O/c1-16(2,3)15(20)18-13-5-4-10-19(11-13)14-8-6-12(17)7-9-14/h6-9,13H,4-5,10-11H2,1-3H3,(H,18,20). The summed E-state index contributed by atoms with van der Waals surface area (Å²) in [6.45, 7) is 7.50. The van der Waals surface area contributed by atoms with Gasteiger partial charge >= 0.3 is 0 Å². The second kappa shape index (κ2) is 5.81. The highest BCUT2D eigenvalue weighted by atomic mass is 19.1. The molecule has 2 rings (SSSR count). The van der Waals surface area contributed by atoms with Gasteiger partial charge in [0.05, 0.1) is 0 Å². The maximum Gasteiger partial charge on any atom is 0.225 e. The fourth-order valence-electron chi connectivity index (χ4n) is 2.38. The van der Waals surface area contributed by atoms with E-state index in [1.54, 1.807) is 12.1 Å². The number of halogens is 1. The molecule has 0 aliphatic carbocycles. The number of anilines is 1. The zero-order valence-electron chi connectivity index (χ0n) is 12.4. The predicted octanol–water partition coefficient (Wildman–Crippen LogP) is 2.96. The van der Waals surface area contributed by atoms with Crippen LogP contribution in [0.5, 0.6) is 0 Å². The maximum atomic E-state index is 13.0. The lowest BCUT2D eigenvalue weighted by Crippen LogP contribution is -2.50. The third-order valence-corrected chi connectivity index (χ3v) is 3.63. The molecule has 0 radical (unpaired) electrons. The van der Waals surface area contributed by atoms with E-state index in [9.17, 15) is 9.18 Å². The van der Waals surface area contributed by atoms with Gasteiger partial charge in [-0.25, -0.2) is 4.39 Å². The van der Waals surface area contributed by atoms with Gasteiger partial charge in [-0.15, -0.1) is 0 Å². The molecule has 110 valence electrons. The minimum Gasteiger partial charge on any atom is -0.369 e. The van der Waals surface area contributed by atoms with E-state index in [-0.39, 0.29) is 23.2 Å². The smallest absolute Gasteiger partial charge is 0.225 e. The van der Waals surface area contributed by atoms with Gasteiger partial charge < -0.3 is 10.2 Å². The van der Waals surface area contributed by atoms with E-state index in [2.05, 4.69) is 10.2 Å². The van der Waals surface area contributed by atoms with Gasteiger partial charge in [0, 0.05) is 30.2 Å². The van der Waals surface area contributed by atoms with Gasteiger partial charge in [-0.3, -0.25) is 4.79 Å². The molecule has 0 spiro atoms. The van der Waals surface area contributed by atoms with Crippen LogP contribution in [-0.4, -0.2) is 25.0 Å². The second-order valence-electron chi connectivity index (χ2n) is 6.49. The third kappa shape index (κ3) is 3.71. The first-order valence-electron chi connectivity index (χ1n) is 7.18. The van der Waals surface area contributed by atoms with E-state index in [1.165, 1.54) is 12.1 Å². The Morgan fingerprint density at radius 3 is 2.55 bits per heavy atom. The number of carbonyl (C=O) groups excluding carboxylic acids is 1. The number of hydrogen-bond acceptors (Lipinski definition) is 2. The summed E-state index contributed by atoms with van der Waals surface area (Å²) in [4.78, 5) is 14.2. The van der Waals surface area contributed by atoms with Crippen LogP contribution in [-0.2, 0) is 4.79 Å². The summed E-state index contributed by atoms with van der Waals surface area (Å²) in [5.74, 6) is -0.133. The molecule has 1 fully saturated rings. The predicted molar refractivity (Wildman–Crippen MR) is 79.2 cm³/mol. The van der Waals surface area contributed by atoms with Crippen molar-refractivity contribution in [2.75, 3.05) is 18.0 Å². The highest BCUT2D eigenvalue weighted by molar-refractivity contribution is 5.81. The van der Waals surface area contributed by atoms with E-state index in [4.69, 9.17) is 0 Å². The summed E-state index contributed by atoms with van der Waals surface area (Å²) < 4.78 is 13.0. The van der Waals surface area contributed by atoms with Gasteiger partial charge in [-0.1, -0.05) is 20.8 Å². The monoisotopic (exact) mass is 278 g/mol. The molecular formula is C16H23FN2O. The summed E-state index contributed by atoms with van der Waals surface area (Å²) >= 11 is 0. The van der Waals surface area contributed by atoms with Gasteiger partial charge in [0.15, 0.2) is 0 Å². The molecule has 1 aliphatic heterocycles. The minimum atomic E-state index is -0.363. The van der Waals surface area contributed by atoms with Crippen LogP contribution in [0.25, 0.3) is 0 Å². The number of benzene rings is 1. The Bertz CT molecular complexity index is 464. The van der Waals surface area contributed by atoms with E-state index >= 15 is 0 Å². The van der Waals surface area contributed by atoms with Crippen LogP contribution >= 0.6 is 0 Å². The van der Waals surface area contributed by atoms with Crippen LogP contribution < -0.4 is 10.2 Å². The zero-order chi connectivity index (χ0) is 14.8. The molecule has 1 aromatic carbocycles. The van der Waals surface area contributed by atoms with Gasteiger partial charge in [0.25, 0.3) is 0 Å². The van der Waals surface area contributed by atoms with Crippen molar-refractivity contribution in [3.05, 3.63) is 30.1 Å². The summed E-state index contributed by atoms with van der Waals surface area (Å²) in [7, 11) is 0. The van der Waals surface area contributed by atoms with Gasteiger partial charge in [0.2, 0.25) is 5.91 Å². The summed E-state index contributed by atoms with van der Waals surface area (Å²) in [5, 5.41) is 3.12. The molecular weight excluding hydrogens is 255 g/mol. The summed E-state index contributed by atoms with van der Waals surface area (Å²) in [6, 6.07) is 6.71. The highest BCUT2D eigenvalue weighted by Gasteiger charge is 2.27. The number of carbonyl (C=O) groups is 1. The summed E-state index contributed by atoms with van der Waals surface area (Å²) in [6.07, 6.45) is 2.03. The van der Waals surface area contributed by atoms with Crippen molar-refractivity contribution in [2.24, 2.45) is 5.41 Å². The van der Waals surface area contributed by atoms with Crippen LogP contribution in [0.3, 0.4) is 0 Å². The molecule has 1 saturated heterocycles. The lowest BCUT2D eigenvalue weighted by molar-refractivity contribution is -0.129. The molecule has 1 heterocycles. The van der Waals surface area contributed by atoms with Crippen LogP contribution in [0, 0.1) is 11.2 Å². The number of hydrogen-bond donors (Lipinski definition) is 1. The first-order chi connectivity index (χ1) is 9.36. The average Bonchev–Trinajstić information content (AvgIpc) is 2.39. The van der Waals surface area contributed by atoms with Gasteiger partial charge in [0.1, 0.15) is 5.82 Å². The highest BCUT2D eigenvalue weighted by Crippen LogP contribution is 2.21. The van der Waals surface area contributed by atoms with Crippen LogP contribution in [0.4, 0.5) is 10.1 Å². The Labute approximate surface area is 120 Å². The van der Waals surface area contributed by atoms with Gasteiger partial charge in [-0.05, 0) is 37.1 Å². The Morgan fingerprint density at radius 2 is 1.95 bits per heavy atom.